The van der Waals surface area contributed by atoms with Crippen molar-refractivity contribution in [2.24, 2.45) is 0 Å². The molecule has 26 heavy (non-hydrogen) atoms. The Morgan fingerprint density at radius 3 is 2.69 bits per heavy atom. The number of benzene rings is 1. The molecular weight excluding hydrogens is 328 g/mol. The Bertz CT molecular complexity index is 868. The van der Waals surface area contributed by atoms with Gasteiger partial charge in [-0.2, -0.15) is 0 Å². The van der Waals surface area contributed by atoms with E-state index in [9.17, 15) is 4.79 Å². The minimum Gasteiger partial charge on any atom is -0.492 e. The van der Waals surface area contributed by atoms with Crippen LogP contribution in [0.1, 0.15) is 23.0 Å². The smallest absolute Gasteiger partial charge is 0.255 e. The third kappa shape index (κ3) is 4.57. The van der Waals surface area contributed by atoms with Gasteiger partial charge in [0.1, 0.15) is 11.6 Å². The summed E-state index contributed by atoms with van der Waals surface area (Å²) in [5, 5.41) is 6.05. The maximum atomic E-state index is 12.6. The number of para-hydroxylation sites is 2. The normalized spacial score (nSPS) is 10.2. The van der Waals surface area contributed by atoms with Gasteiger partial charge in [-0.25, -0.2) is 4.98 Å². The maximum absolute atomic E-state index is 12.6. The van der Waals surface area contributed by atoms with E-state index in [2.05, 4.69) is 20.6 Å². The lowest BCUT2D eigenvalue weighted by Crippen LogP contribution is -2.14. The van der Waals surface area contributed by atoms with Crippen LogP contribution in [0.15, 0.2) is 67.0 Å². The zero-order chi connectivity index (χ0) is 18.2. The SMILES string of the molecule is CCOc1ccccc1NC(=O)c1ccnc(NCc2ccccn2)c1. The van der Waals surface area contributed by atoms with Crippen LogP contribution in [-0.4, -0.2) is 22.5 Å². The van der Waals surface area contributed by atoms with Gasteiger partial charge >= 0.3 is 0 Å². The molecule has 2 heterocycles. The molecule has 0 aliphatic heterocycles. The number of aromatic nitrogens is 2. The molecule has 2 N–H and O–H groups in total. The van der Waals surface area contributed by atoms with Crippen molar-refractivity contribution in [1.82, 2.24) is 9.97 Å². The van der Waals surface area contributed by atoms with Crippen molar-refractivity contribution >= 4 is 17.4 Å². The molecule has 1 amide bonds. The molecule has 0 spiro atoms. The predicted molar refractivity (Wildman–Crippen MR) is 101 cm³/mol. The van der Waals surface area contributed by atoms with Crippen LogP contribution in [0.5, 0.6) is 5.75 Å². The number of rotatable bonds is 7. The average Bonchev–Trinajstić information content (AvgIpc) is 2.69. The lowest BCUT2D eigenvalue weighted by molar-refractivity contribution is 0.102. The fraction of sp³-hybridized carbons (Fsp3) is 0.150. The van der Waals surface area contributed by atoms with Crippen molar-refractivity contribution in [1.29, 1.82) is 0 Å². The second-order valence-corrected chi connectivity index (χ2v) is 5.49. The highest BCUT2D eigenvalue weighted by Crippen LogP contribution is 2.24. The zero-order valence-electron chi connectivity index (χ0n) is 14.5. The number of hydrogen-bond donors (Lipinski definition) is 2. The lowest BCUT2D eigenvalue weighted by Gasteiger charge is -2.12. The van der Waals surface area contributed by atoms with Gasteiger partial charge in [-0.15, -0.1) is 0 Å². The van der Waals surface area contributed by atoms with Crippen LogP contribution in [0.2, 0.25) is 0 Å². The number of nitrogens with zero attached hydrogens (tertiary/aromatic N) is 2. The molecule has 0 unspecified atom stereocenters. The molecule has 3 aromatic rings. The van der Waals surface area contributed by atoms with Gasteiger partial charge in [-0.1, -0.05) is 18.2 Å². The summed E-state index contributed by atoms with van der Waals surface area (Å²) >= 11 is 0. The second kappa shape index (κ2) is 8.62. The van der Waals surface area contributed by atoms with Crippen LogP contribution < -0.4 is 15.4 Å². The molecule has 0 bridgehead atoms. The van der Waals surface area contributed by atoms with Gasteiger partial charge < -0.3 is 15.4 Å². The highest BCUT2D eigenvalue weighted by atomic mass is 16.5. The van der Waals surface area contributed by atoms with E-state index < -0.39 is 0 Å². The Balaban J connectivity index is 1.68. The van der Waals surface area contributed by atoms with Gasteiger partial charge in [0.2, 0.25) is 0 Å². The summed E-state index contributed by atoms with van der Waals surface area (Å²) in [6.45, 7) is 2.97. The predicted octanol–water partition coefficient (Wildman–Crippen LogP) is 3.74. The molecular formula is C20H20N4O2. The summed E-state index contributed by atoms with van der Waals surface area (Å²) < 4.78 is 5.54. The fourth-order valence-corrected chi connectivity index (χ4v) is 2.40. The fourth-order valence-electron chi connectivity index (χ4n) is 2.40. The Hall–Kier alpha value is -3.41. The van der Waals surface area contributed by atoms with Gasteiger partial charge in [0.05, 0.1) is 24.5 Å². The summed E-state index contributed by atoms with van der Waals surface area (Å²) in [6, 6.07) is 16.5. The third-order valence-corrected chi connectivity index (χ3v) is 3.63. The van der Waals surface area contributed by atoms with Gasteiger partial charge in [-0.05, 0) is 43.3 Å². The number of pyridine rings is 2. The van der Waals surface area contributed by atoms with Crippen LogP contribution in [0.3, 0.4) is 0 Å². The van der Waals surface area contributed by atoms with Crippen molar-refractivity contribution < 1.29 is 9.53 Å². The molecule has 0 atom stereocenters. The van der Waals surface area contributed by atoms with Gasteiger partial charge in [0.25, 0.3) is 5.91 Å². The van der Waals surface area contributed by atoms with E-state index in [1.807, 2.05) is 49.4 Å². The molecule has 6 heteroatoms. The van der Waals surface area contributed by atoms with Crippen molar-refractivity contribution in [2.75, 3.05) is 17.2 Å². The van der Waals surface area contributed by atoms with E-state index in [4.69, 9.17) is 4.74 Å². The van der Waals surface area contributed by atoms with Crippen LogP contribution in [-0.2, 0) is 6.54 Å². The van der Waals surface area contributed by atoms with E-state index in [1.165, 1.54) is 0 Å². The van der Waals surface area contributed by atoms with Crippen LogP contribution in [0.4, 0.5) is 11.5 Å². The van der Waals surface area contributed by atoms with Crippen molar-refractivity contribution in [2.45, 2.75) is 13.5 Å². The largest absolute Gasteiger partial charge is 0.492 e. The first kappa shape index (κ1) is 17.4. The molecule has 6 nitrogen and oxygen atoms in total. The molecule has 0 radical (unpaired) electrons. The Morgan fingerprint density at radius 2 is 1.88 bits per heavy atom. The molecule has 0 saturated carbocycles. The topological polar surface area (TPSA) is 76.1 Å². The number of amides is 1. The van der Waals surface area contributed by atoms with E-state index in [0.29, 0.717) is 36.0 Å². The van der Waals surface area contributed by atoms with Crippen molar-refractivity contribution in [3.05, 3.63) is 78.2 Å². The van der Waals surface area contributed by atoms with E-state index >= 15 is 0 Å². The average molecular weight is 348 g/mol. The van der Waals surface area contributed by atoms with Crippen molar-refractivity contribution in [3.63, 3.8) is 0 Å². The van der Waals surface area contributed by atoms with E-state index in [-0.39, 0.29) is 5.91 Å². The standard InChI is InChI=1S/C20H20N4O2/c1-2-26-18-9-4-3-8-17(18)24-20(25)15-10-12-22-19(13-15)23-14-16-7-5-6-11-21-16/h3-13H,2,14H2,1H3,(H,22,23)(H,24,25). The molecule has 132 valence electrons. The lowest BCUT2D eigenvalue weighted by atomic mass is 10.2. The van der Waals surface area contributed by atoms with Crippen LogP contribution >= 0.6 is 0 Å². The number of ether oxygens (including phenoxy) is 1. The molecule has 3 rings (SSSR count). The Labute approximate surface area is 152 Å². The maximum Gasteiger partial charge on any atom is 0.255 e. The Morgan fingerprint density at radius 1 is 1.04 bits per heavy atom. The zero-order valence-corrected chi connectivity index (χ0v) is 14.5. The van der Waals surface area contributed by atoms with E-state index in [1.54, 1.807) is 24.5 Å². The first-order valence-corrected chi connectivity index (χ1v) is 8.39. The quantitative estimate of drug-likeness (QED) is 0.680. The van der Waals surface area contributed by atoms with Gasteiger partial charge in [0.15, 0.2) is 0 Å². The molecule has 0 aliphatic rings. The number of anilines is 2. The van der Waals surface area contributed by atoms with Gasteiger partial charge in [0, 0.05) is 18.0 Å². The number of hydrogen-bond acceptors (Lipinski definition) is 5. The second-order valence-electron chi connectivity index (χ2n) is 5.49. The minimum atomic E-state index is -0.222. The molecule has 0 aliphatic carbocycles. The highest BCUT2D eigenvalue weighted by molar-refractivity contribution is 6.05. The molecule has 1 aromatic carbocycles. The van der Waals surface area contributed by atoms with E-state index in [0.717, 1.165) is 5.69 Å². The van der Waals surface area contributed by atoms with Crippen LogP contribution in [0.25, 0.3) is 0 Å². The Kier molecular flexibility index (Phi) is 5.77. The number of nitrogens with one attached hydrogen (secondary N) is 2. The number of carbonyl (C=O) groups is 1. The first-order chi connectivity index (χ1) is 12.8. The summed E-state index contributed by atoms with van der Waals surface area (Å²) in [6.07, 6.45) is 3.34. The first-order valence-electron chi connectivity index (χ1n) is 8.39. The van der Waals surface area contributed by atoms with Gasteiger partial charge in [-0.3, -0.25) is 9.78 Å². The molecule has 2 aromatic heterocycles. The number of carbonyl (C=O) groups excluding carboxylic acids is 1. The monoisotopic (exact) mass is 348 g/mol. The summed E-state index contributed by atoms with van der Waals surface area (Å²) in [7, 11) is 0. The third-order valence-electron chi connectivity index (χ3n) is 3.63. The summed E-state index contributed by atoms with van der Waals surface area (Å²) in [5.74, 6) is 1.03. The van der Waals surface area contributed by atoms with Crippen molar-refractivity contribution in [3.8, 4) is 5.75 Å². The minimum absolute atomic E-state index is 0.222. The van der Waals surface area contributed by atoms with Crippen LogP contribution in [0, 0.1) is 0 Å². The summed E-state index contributed by atoms with van der Waals surface area (Å²) in [4.78, 5) is 21.1. The summed E-state index contributed by atoms with van der Waals surface area (Å²) in [5.41, 5.74) is 2.05. The molecule has 0 fully saturated rings. The molecule has 0 saturated heterocycles. The highest BCUT2D eigenvalue weighted by Gasteiger charge is 2.10.